The number of halogens is 1. The first-order valence-corrected chi connectivity index (χ1v) is 7.28. The largest absolute Gasteiger partial charge is 0.293 e. The van der Waals surface area contributed by atoms with Gasteiger partial charge in [0.05, 0.1) is 15.8 Å². The maximum absolute atomic E-state index is 12.1. The third-order valence-corrected chi connectivity index (χ3v) is 4.39. The van der Waals surface area contributed by atoms with Crippen molar-refractivity contribution in [3.05, 3.63) is 21.3 Å². The van der Waals surface area contributed by atoms with Gasteiger partial charge in [0, 0.05) is 12.6 Å². The van der Waals surface area contributed by atoms with E-state index in [-0.39, 0.29) is 5.78 Å². The molecule has 0 aliphatic heterocycles. The molecule has 0 radical (unpaired) electrons. The quantitative estimate of drug-likeness (QED) is 0.735. The molecule has 0 aromatic carbocycles. The Morgan fingerprint density at radius 2 is 2.24 bits per heavy atom. The van der Waals surface area contributed by atoms with E-state index in [1.54, 1.807) is 6.07 Å². The molecule has 1 aromatic rings. The van der Waals surface area contributed by atoms with Crippen LogP contribution < -0.4 is 0 Å². The average molecular weight is 272 g/mol. The molecule has 1 heterocycles. The van der Waals surface area contributed by atoms with Crippen molar-refractivity contribution in [2.75, 3.05) is 13.1 Å². The minimum absolute atomic E-state index is 0.191. The summed E-state index contributed by atoms with van der Waals surface area (Å²) in [5.74, 6) is 1.01. The molecule has 0 bridgehead atoms. The van der Waals surface area contributed by atoms with Crippen molar-refractivity contribution in [3.8, 4) is 0 Å². The molecular weight excluding hydrogens is 254 g/mol. The van der Waals surface area contributed by atoms with Crippen LogP contribution in [0.1, 0.15) is 36.4 Å². The van der Waals surface area contributed by atoms with Gasteiger partial charge in [0.1, 0.15) is 0 Å². The Morgan fingerprint density at radius 1 is 1.53 bits per heavy atom. The molecule has 0 N–H and O–H groups in total. The second-order valence-corrected chi connectivity index (χ2v) is 6.71. The zero-order valence-electron chi connectivity index (χ0n) is 10.3. The summed E-state index contributed by atoms with van der Waals surface area (Å²) in [6.45, 7) is 5.88. The van der Waals surface area contributed by atoms with Crippen LogP contribution in [0.25, 0.3) is 0 Å². The lowest BCUT2D eigenvalue weighted by atomic mass is 10.2. The standard InChI is InChI=1S/C13H18ClNOS/c1-9(2)15(7-10-3-4-10)8-11(16)12-5-6-13(14)17-12/h5-6,9-10H,3-4,7-8H2,1-2H3. The van der Waals surface area contributed by atoms with Crippen molar-refractivity contribution in [1.82, 2.24) is 4.90 Å². The number of thiophene rings is 1. The van der Waals surface area contributed by atoms with E-state index in [4.69, 9.17) is 11.6 Å². The number of rotatable bonds is 6. The van der Waals surface area contributed by atoms with Crippen LogP contribution in [0.3, 0.4) is 0 Å². The van der Waals surface area contributed by atoms with Gasteiger partial charge >= 0.3 is 0 Å². The van der Waals surface area contributed by atoms with Crippen LogP contribution in [0.15, 0.2) is 12.1 Å². The summed E-state index contributed by atoms with van der Waals surface area (Å²) >= 11 is 7.22. The SMILES string of the molecule is CC(C)N(CC(=O)c1ccc(Cl)s1)CC1CC1. The van der Waals surface area contributed by atoms with E-state index in [0.29, 0.717) is 16.9 Å². The summed E-state index contributed by atoms with van der Waals surface area (Å²) in [6, 6.07) is 4.04. The molecule has 0 spiro atoms. The van der Waals surface area contributed by atoms with Gasteiger partial charge in [-0.2, -0.15) is 0 Å². The fourth-order valence-electron chi connectivity index (χ4n) is 1.82. The van der Waals surface area contributed by atoms with E-state index in [1.165, 1.54) is 24.2 Å². The van der Waals surface area contributed by atoms with Crippen LogP contribution in [0.4, 0.5) is 0 Å². The van der Waals surface area contributed by atoms with Gasteiger partial charge in [0.2, 0.25) is 0 Å². The lowest BCUT2D eigenvalue weighted by Crippen LogP contribution is -2.37. The van der Waals surface area contributed by atoms with Crippen LogP contribution in [0.5, 0.6) is 0 Å². The van der Waals surface area contributed by atoms with Crippen LogP contribution in [-0.4, -0.2) is 29.8 Å². The summed E-state index contributed by atoms with van der Waals surface area (Å²) in [4.78, 5) is 15.1. The highest BCUT2D eigenvalue weighted by molar-refractivity contribution is 7.18. The third-order valence-electron chi connectivity index (χ3n) is 3.11. The molecule has 0 atom stereocenters. The molecule has 1 aromatic heterocycles. The lowest BCUT2D eigenvalue weighted by molar-refractivity contribution is 0.0905. The van der Waals surface area contributed by atoms with Gasteiger partial charge in [-0.3, -0.25) is 9.69 Å². The van der Waals surface area contributed by atoms with Gasteiger partial charge in [-0.15, -0.1) is 11.3 Å². The highest BCUT2D eigenvalue weighted by atomic mass is 35.5. The Morgan fingerprint density at radius 3 is 2.71 bits per heavy atom. The predicted molar refractivity (Wildman–Crippen MR) is 73.1 cm³/mol. The van der Waals surface area contributed by atoms with E-state index < -0.39 is 0 Å². The smallest absolute Gasteiger partial charge is 0.186 e. The van der Waals surface area contributed by atoms with Gasteiger partial charge in [-0.05, 0) is 44.7 Å². The summed E-state index contributed by atoms with van der Waals surface area (Å²) in [5.41, 5.74) is 0. The van der Waals surface area contributed by atoms with Crippen molar-refractivity contribution in [3.63, 3.8) is 0 Å². The molecule has 1 saturated carbocycles. The van der Waals surface area contributed by atoms with Gasteiger partial charge in [-0.1, -0.05) is 11.6 Å². The van der Waals surface area contributed by atoms with Gasteiger partial charge < -0.3 is 0 Å². The van der Waals surface area contributed by atoms with Gasteiger partial charge in [0.15, 0.2) is 5.78 Å². The predicted octanol–water partition coefficient (Wildman–Crippen LogP) is 3.70. The summed E-state index contributed by atoms with van der Waals surface area (Å²) in [6.07, 6.45) is 2.64. The van der Waals surface area contributed by atoms with Crippen molar-refractivity contribution >= 4 is 28.7 Å². The van der Waals surface area contributed by atoms with E-state index in [2.05, 4.69) is 18.7 Å². The fraction of sp³-hybridized carbons (Fsp3) is 0.615. The highest BCUT2D eigenvalue weighted by Crippen LogP contribution is 2.30. The zero-order valence-corrected chi connectivity index (χ0v) is 11.9. The monoisotopic (exact) mass is 271 g/mol. The molecule has 1 fully saturated rings. The minimum Gasteiger partial charge on any atom is -0.293 e. The van der Waals surface area contributed by atoms with Crippen LogP contribution in [0.2, 0.25) is 4.34 Å². The molecule has 0 unspecified atom stereocenters. The lowest BCUT2D eigenvalue weighted by Gasteiger charge is -2.25. The molecule has 2 rings (SSSR count). The highest BCUT2D eigenvalue weighted by Gasteiger charge is 2.26. The number of carbonyl (C=O) groups is 1. The molecule has 4 heteroatoms. The molecule has 94 valence electrons. The van der Waals surface area contributed by atoms with Crippen LogP contribution >= 0.6 is 22.9 Å². The second kappa shape index (κ2) is 5.51. The number of carbonyl (C=O) groups excluding carboxylic acids is 1. The number of nitrogens with zero attached hydrogens (tertiary/aromatic N) is 1. The zero-order chi connectivity index (χ0) is 12.4. The fourth-order valence-corrected chi connectivity index (χ4v) is 2.79. The molecule has 0 saturated heterocycles. The third kappa shape index (κ3) is 3.80. The Kier molecular flexibility index (Phi) is 4.23. The molecule has 17 heavy (non-hydrogen) atoms. The second-order valence-electron chi connectivity index (χ2n) is 4.99. The first kappa shape index (κ1) is 13.1. The van der Waals surface area contributed by atoms with Crippen molar-refractivity contribution < 1.29 is 4.79 Å². The number of ketones is 1. The summed E-state index contributed by atoms with van der Waals surface area (Å²) < 4.78 is 0.687. The first-order chi connectivity index (χ1) is 8.06. The molecular formula is C13H18ClNOS. The number of hydrogen-bond acceptors (Lipinski definition) is 3. The van der Waals surface area contributed by atoms with E-state index in [1.807, 2.05) is 6.07 Å². The normalized spacial score (nSPS) is 15.8. The van der Waals surface area contributed by atoms with E-state index in [0.717, 1.165) is 17.3 Å². The van der Waals surface area contributed by atoms with Crippen molar-refractivity contribution in [2.24, 2.45) is 5.92 Å². The van der Waals surface area contributed by atoms with Crippen molar-refractivity contribution in [2.45, 2.75) is 32.7 Å². The van der Waals surface area contributed by atoms with Crippen molar-refractivity contribution in [1.29, 1.82) is 0 Å². The van der Waals surface area contributed by atoms with Gasteiger partial charge in [0.25, 0.3) is 0 Å². The molecule has 1 aliphatic rings. The number of hydrogen-bond donors (Lipinski definition) is 0. The average Bonchev–Trinajstić information content (AvgIpc) is 2.97. The maximum Gasteiger partial charge on any atom is 0.186 e. The van der Waals surface area contributed by atoms with E-state index >= 15 is 0 Å². The summed E-state index contributed by atoms with van der Waals surface area (Å²) in [7, 11) is 0. The first-order valence-electron chi connectivity index (χ1n) is 6.09. The summed E-state index contributed by atoms with van der Waals surface area (Å²) in [5, 5.41) is 0. The minimum atomic E-state index is 0.191. The number of Topliss-reactive ketones (excluding diaryl/α,β-unsaturated/α-hetero) is 1. The van der Waals surface area contributed by atoms with Gasteiger partial charge in [-0.25, -0.2) is 0 Å². The molecule has 0 amide bonds. The Hall–Kier alpha value is -0.380. The Labute approximate surface area is 112 Å². The Balaban J connectivity index is 1.94. The molecule has 2 nitrogen and oxygen atoms in total. The topological polar surface area (TPSA) is 20.3 Å². The van der Waals surface area contributed by atoms with Crippen LogP contribution in [-0.2, 0) is 0 Å². The van der Waals surface area contributed by atoms with Crippen LogP contribution in [0, 0.1) is 5.92 Å². The Bertz CT molecular complexity index is 398. The van der Waals surface area contributed by atoms with E-state index in [9.17, 15) is 4.79 Å². The molecule has 1 aliphatic carbocycles. The maximum atomic E-state index is 12.1.